The highest BCUT2D eigenvalue weighted by atomic mass is 15.1. The molecule has 0 atom stereocenters. The summed E-state index contributed by atoms with van der Waals surface area (Å²) >= 11 is 0. The van der Waals surface area contributed by atoms with Crippen LogP contribution in [0.5, 0.6) is 0 Å². The molecule has 1 heteroatoms. The zero-order chi connectivity index (χ0) is 34.5. The molecule has 0 amide bonds. The molecule has 0 saturated heterocycles. The van der Waals surface area contributed by atoms with Crippen LogP contribution in [0.2, 0.25) is 0 Å². The molecule has 10 rings (SSSR count). The third-order valence-corrected chi connectivity index (χ3v) is 10.9. The Morgan fingerprint density at radius 3 is 1.56 bits per heavy atom. The fourth-order valence-electron chi connectivity index (χ4n) is 8.74. The highest BCUT2D eigenvalue weighted by Crippen LogP contribution is 2.59. The van der Waals surface area contributed by atoms with Gasteiger partial charge in [0.15, 0.2) is 0 Å². The van der Waals surface area contributed by atoms with Crippen molar-refractivity contribution in [3.8, 4) is 22.3 Å². The van der Waals surface area contributed by atoms with Gasteiger partial charge in [0.25, 0.3) is 0 Å². The number of fused-ring (bicyclic) bond motifs is 5. The van der Waals surface area contributed by atoms with Gasteiger partial charge in [-0.2, -0.15) is 0 Å². The van der Waals surface area contributed by atoms with Crippen molar-refractivity contribution in [1.29, 1.82) is 0 Å². The van der Waals surface area contributed by atoms with Crippen molar-refractivity contribution in [2.24, 2.45) is 0 Å². The molecule has 0 N–H and O–H groups in total. The molecular weight excluding hydrogens is 627 g/mol. The topological polar surface area (TPSA) is 3.24 Å². The van der Waals surface area contributed by atoms with E-state index in [1.54, 1.807) is 0 Å². The average molecular weight is 662 g/mol. The van der Waals surface area contributed by atoms with Crippen LogP contribution in [0.15, 0.2) is 212 Å². The van der Waals surface area contributed by atoms with Crippen LogP contribution in [0, 0.1) is 0 Å². The zero-order valence-electron chi connectivity index (χ0n) is 28.7. The molecule has 9 aromatic carbocycles. The van der Waals surface area contributed by atoms with Crippen LogP contribution in [0.4, 0.5) is 17.1 Å². The predicted octanol–water partition coefficient (Wildman–Crippen LogP) is 13.5. The van der Waals surface area contributed by atoms with Crippen molar-refractivity contribution in [3.63, 3.8) is 0 Å². The van der Waals surface area contributed by atoms with Crippen LogP contribution < -0.4 is 4.90 Å². The summed E-state index contributed by atoms with van der Waals surface area (Å²) in [6, 6.07) is 77.8. The number of hydrogen-bond donors (Lipinski definition) is 0. The third kappa shape index (κ3) is 4.56. The number of rotatable bonds is 6. The lowest BCUT2D eigenvalue weighted by molar-refractivity contribution is 0.768. The highest BCUT2D eigenvalue weighted by molar-refractivity contribution is 6.04. The van der Waals surface area contributed by atoms with Crippen LogP contribution in [0.3, 0.4) is 0 Å². The molecule has 0 fully saturated rings. The second-order valence-corrected chi connectivity index (χ2v) is 13.6. The van der Waals surface area contributed by atoms with Crippen molar-refractivity contribution in [2.45, 2.75) is 5.41 Å². The van der Waals surface area contributed by atoms with E-state index in [4.69, 9.17) is 0 Å². The summed E-state index contributed by atoms with van der Waals surface area (Å²) in [5, 5.41) is 4.94. The number of hydrogen-bond acceptors (Lipinski definition) is 1. The summed E-state index contributed by atoms with van der Waals surface area (Å²) < 4.78 is 0. The van der Waals surface area contributed by atoms with E-state index in [1.807, 2.05) is 0 Å². The van der Waals surface area contributed by atoms with Gasteiger partial charge in [-0.3, -0.25) is 0 Å². The highest BCUT2D eigenvalue weighted by Gasteiger charge is 2.47. The number of benzene rings is 9. The minimum atomic E-state index is -0.479. The standard InChI is InChI=1S/C51H35N/c1-3-20-39(21-4-1)51(40-22-5-2-6-23-40)46-28-12-11-26-45(46)50-47(51)29-15-31-49(50)52(48-30-14-19-37-17-8-10-25-44(37)48)41-34-32-38(33-35-41)43-27-13-18-36-16-7-9-24-42(36)43/h1-35H. The van der Waals surface area contributed by atoms with Crippen LogP contribution in [0.25, 0.3) is 43.8 Å². The summed E-state index contributed by atoms with van der Waals surface area (Å²) in [7, 11) is 0. The molecule has 9 aromatic rings. The predicted molar refractivity (Wildman–Crippen MR) is 219 cm³/mol. The van der Waals surface area contributed by atoms with Crippen molar-refractivity contribution in [1.82, 2.24) is 0 Å². The largest absolute Gasteiger partial charge is 0.309 e. The van der Waals surface area contributed by atoms with Gasteiger partial charge < -0.3 is 4.90 Å². The molecule has 0 bridgehead atoms. The van der Waals surface area contributed by atoms with Crippen molar-refractivity contribution >= 4 is 38.6 Å². The van der Waals surface area contributed by atoms with Gasteiger partial charge in [-0.05, 0) is 79.4 Å². The van der Waals surface area contributed by atoms with Gasteiger partial charge in [-0.1, -0.05) is 188 Å². The van der Waals surface area contributed by atoms with Gasteiger partial charge in [-0.15, -0.1) is 0 Å². The Labute approximate surface area is 304 Å². The molecule has 52 heavy (non-hydrogen) atoms. The maximum Gasteiger partial charge on any atom is 0.0714 e. The van der Waals surface area contributed by atoms with E-state index in [2.05, 4.69) is 217 Å². The first kappa shape index (κ1) is 30.2. The molecule has 0 radical (unpaired) electrons. The zero-order valence-corrected chi connectivity index (χ0v) is 28.7. The quantitative estimate of drug-likeness (QED) is 0.171. The van der Waals surface area contributed by atoms with Gasteiger partial charge >= 0.3 is 0 Å². The molecule has 0 aromatic heterocycles. The minimum Gasteiger partial charge on any atom is -0.309 e. The fourth-order valence-corrected chi connectivity index (χ4v) is 8.74. The van der Waals surface area contributed by atoms with E-state index in [0.717, 1.165) is 17.1 Å². The van der Waals surface area contributed by atoms with E-state index in [-0.39, 0.29) is 0 Å². The van der Waals surface area contributed by atoms with Crippen LogP contribution >= 0.6 is 0 Å². The SMILES string of the molecule is c1ccc(C2(c3ccccc3)c3ccccc3-c3c(N(c4ccc(-c5cccc6ccccc56)cc4)c4cccc5ccccc45)cccc32)cc1. The van der Waals surface area contributed by atoms with Gasteiger partial charge in [0.1, 0.15) is 0 Å². The molecular formula is C51H35N. The summed E-state index contributed by atoms with van der Waals surface area (Å²) in [4.78, 5) is 2.48. The number of anilines is 3. The smallest absolute Gasteiger partial charge is 0.0714 e. The molecule has 0 aliphatic heterocycles. The Morgan fingerprint density at radius 1 is 0.327 bits per heavy atom. The second-order valence-electron chi connectivity index (χ2n) is 13.6. The summed E-state index contributed by atoms with van der Waals surface area (Å²) in [6.45, 7) is 0. The first-order chi connectivity index (χ1) is 25.8. The molecule has 0 heterocycles. The maximum absolute atomic E-state index is 2.48. The Morgan fingerprint density at radius 2 is 0.827 bits per heavy atom. The summed E-state index contributed by atoms with van der Waals surface area (Å²) in [6.07, 6.45) is 0. The van der Waals surface area contributed by atoms with Crippen LogP contribution in [-0.2, 0) is 5.41 Å². The van der Waals surface area contributed by atoms with Gasteiger partial charge in [0.05, 0.1) is 16.8 Å². The van der Waals surface area contributed by atoms with Crippen molar-refractivity contribution in [2.75, 3.05) is 4.90 Å². The molecule has 1 aliphatic rings. The Bertz CT molecular complexity index is 2680. The molecule has 0 unspecified atom stereocenters. The minimum absolute atomic E-state index is 0.479. The van der Waals surface area contributed by atoms with E-state index < -0.39 is 5.41 Å². The average Bonchev–Trinajstić information content (AvgIpc) is 3.53. The molecule has 1 nitrogen and oxygen atoms in total. The van der Waals surface area contributed by atoms with Crippen LogP contribution in [0.1, 0.15) is 22.3 Å². The molecule has 1 aliphatic carbocycles. The normalized spacial score (nSPS) is 12.8. The first-order valence-electron chi connectivity index (χ1n) is 18.0. The van der Waals surface area contributed by atoms with Gasteiger partial charge in [-0.25, -0.2) is 0 Å². The third-order valence-electron chi connectivity index (χ3n) is 10.9. The second kappa shape index (κ2) is 12.3. The molecule has 244 valence electrons. The number of nitrogens with zero attached hydrogens (tertiary/aromatic N) is 1. The lowest BCUT2D eigenvalue weighted by Gasteiger charge is -2.34. The van der Waals surface area contributed by atoms with E-state index in [0.29, 0.717) is 0 Å². The van der Waals surface area contributed by atoms with Crippen molar-refractivity contribution < 1.29 is 0 Å². The maximum atomic E-state index is 2.48. The van der Waals surface area contributed by atoms with E-state index in [9.17, 15) is 0 Å². The lowest BCUT2D eigenvalue weighted by Crippen LogP contribution is -2.28. The summed E-state index contributed by atoms with van der Waals surface area (Å²) in [5.41, 5.74) is 13.0. The lowest BCUT2D eigenvalue weighted by atomic mass is 9.68. The van der Waals surface area contributed by atoms with Crippen molar-refractivity contribution in [3.05, 3.63) is 235 Å². The summed E-state index contributed by atoms with van der Waals surface area (Å²) in [5.74, 6) is 0. The fraction of sp³-hybridized carbons (Fsp3) is 0.0196. The molecule has 0 spiro atoms. The Kier molecular flexibility index (Phi) is 7.11. The monoisotopic (exact) mass is 661 g/mol. The van der Waals surface area contributed by atoms with E-state index >= 15 is 0 Å². The van der Waals surface area contributed by atoms with Crippen LogP contribution in [-0.4, -0.2) is 0 Å². The first-order valence-corrected chi connectivity index (χ1v) is 18.0. The van der Waals surface area contributed by atoms with Gasteiger partial charge in [0, 0.05) is 16.6 Å². The molecule has 0 saturated carbocycles. The van der Waals surface area contributed by atoms with Gasteiger partial charge in [0.2, 0.25) is 0 Å². The van der Waals surface area contributed by atoms with E-state index in [1.165, 1.54) is 66.1 Å². The Balaban J connectivity index is 1.25. The Hall–Kier alpha value is -6.70.